The molecule has 1 N–H and O–H groups in total. The molecule has 1 atom stereocenters. The highest BCUT2D eigenvalue weighted by Crippen LogP contribution is 2.35. The van der Waals surface area contributed by atoms with Crippen LogP contribution in [0.4, 0.5) is 4.39 Å². The Balaban J connectivity index is 1.79. The molecule has 1 aliphatic carbocycles. The quantitative estimate of drug-likeness (QED) is 0.852. The van der Waals surface area contributed by atoms with Gasteiger partial charge in [-0.25, -0.2) is 4.39 Å². The first kappa shape index (κ1) is 13.5. The average Bonchev–Trinajstić information content (AvgIpc) is 2.33. The lowest BCUT2D eigenvalue weighted by Crippen LogP contribution is -2.44. The second-order valence-corrected chi connectivity index (χ2v) is 6.12. The van der Waals surface area contributed by atoms with E-state index in [1.54, 1.807) is 12.1 Å². The molecule has 100 valence electrons. The van der Waals surface area contributed by atoms with Gasteiger partial charge in [-0.2, -0.15) is 0 Å². The van der Waals surface area contributed by atoms with Crippen molar-refractivity contribution in [2.45, 2.75) is 52.0 Å². The first-order valence-corrected chi connectivity index (χ1v) is 7.06. The summed E-state index contributed by atoms with van der Waals surface area (Å²) in [6, 6.07) is 7.47. The summed E-state index contributed by atoms with van der Waals surface area (Å²) >= 11 is 0. The molecule has 0 aliphatic heterocycles. The highest BCUT2D eigenvalue weighted by molar-refractivity contribution is 5.16. The molecule has 0 spiro atoms. The Morgan fingerprint density at radius 2 is 1.94 bits per heavy atom. The van der Waals surface area contributed by atoms with Crippen molar-refractivity contribution in [3.63, 3.8) is 0 Å². The molecular formula is C16H24FN. The van der Waals surface area contributed by atoms with Crippen LogP contribution in [0.1, 0.15) is 45.1 Å². The summed E-state index contributed by atoms with van der Waals surface area (Å²) in [5.41, 5.74) is 1.62. The molecule has 0 heterocycles. The van der Waals surface area contributed by atoms with E-state index in [1.807, 2.05) is 12.1 Å². The Morgan fingerprint density at radius 1 is 1.22 bits per heavy atom. The Kier molecular flexibility index (Phi) is 4.39. The van der Waals surface area contributed by atoms with Crippen LogP contribution in [-0.2, 0) is 6.42 Å². The third kappa shape index (κ3) is 3.55. The van der Waals surface area contributed by atoms with Crippen molar-refractivity contribution in [3.05, 3.63) is 35.6 Å². The lowest BCUT2D eigenvalue weighted by atomic mass is 9.73. The maximum atomic E-state index is 12.8. The highest BCUT2D eigenvalue weighted by Gasteiger charge is 2.31. The number of hydrogen-bond acceptors (Lipinski definition) is 1. The maximum Gasteiger partial charge on any atom is 0.123 e. The third-order valence-corrected chi connectivity index (χ3v) is 4.22. The minimum absolute atomic E-state index is 0.153. The molecule has 1 fully saturated rings. The topological polar surface area (TPSA) is 12.0 Å². The molecule has 0 saturated heterocycles. The summed E-state index contributed by atoms with van der Waals surface area (Å²) in [5, 5.41) is 3.68. The summed E-state index contributed by atoms with van der Waals surface area (Å²) in [6.45, 7) is 5.71. The van der Waals surface area contributed by atoms with Crippen molar-refractivity contribution in [2.24, 2.45) is 5.41 Å². The van der Waals surface area contributed by atoms with Gasteiger partial charge in [0.25, 0.3) is 0 Å². The fourth-order valence-electron chi connectivity index (χ4n) is 2.91. The molecule has 0 radical (unpaired) electrons. The molecule has 0 aromatic heterocycles. The number of nitrogens with one attached hydrogen (secondary N) is 1. The summed E-state index contributed by atoms with van der Waals surface area (Å²) < 4.78 is 12.8. The van der Waals surface area contributed by atoms with Gasteiger partial charge in [-0.05, 0) is 48.9 Å². The predicted octanol–water partition coefficient (Wildman–Crippen LogP) is 3.93. The van der Waals surface area contributed by atoms with Gasteiger partial charge in [0.15, 0.2) is 0 Å². The van der Waals surface area contributed by atoms with E-state index in [1.165, 1.54) is 31.2 Å². The Bertz CT molecular complexity index is 369. The van der Waals surface area contributed by atoms with Crippen molar-refractivity contribution >= 4 is 0 Å². The van der Waals surface area contributed by atoms with Gasteiger partial charge < -0.3 is 5.32 Å². The molecule has 1 aromatic rings. The van der Waals surface area contributed by atoms with Crippen LogP contribution in [0.5, 0.6) is 0 Å². The van der Waals surface area contributed by atoms with E-state index in [2.05, 4.69) is 19.2 Å². The van der Waals surface area contributed by atoms with Gasteiger partial charge in [-0.15, -0.1) is 0 Å². The second-order valence-electron chi connectivity index (χ2n) is 6.12. The minimum Gasteiger partial charge on any atom is -0.313 e. The first-order chi connectivity index (χ1) is 8.58. The van der Waals surface area contributed by atoms with Crippen LogP contribution in [0, 0.1) is 11.2 Å². The maximum absolute atomic E-state index is 12.8. The normalized spacial score (nSPS) is 22.9. The Labute approximate surface area is 110 Å². The van der Waals surface area contributed by atoms with E-state index in [9.17, 15) is 4.39 Å². The zero-order valence-electron chi connectivity index (χ0n) is 11.5. The van der Waals surface area contributed by atoms with E-state index < -0.39 is 0 Å². The van der Waals surface area contributed by atoms with E-state index in [-0.39, 0.29) is 5.82 Å². The second kappa shape index (κ2) is 5.83. The van der Waals surface area contributed by atoms with Crippen LogP contribution in [0.3, 0.4) is 0 Å². The zero-order chi connectivity index (χ0) is 13.0. The van der Waals surface area contributed by atoms with Crippen molar-refractivity contribution in [3.8, 4) is 0 Å². The summed E-state index contributed by atoms with van der Waals surface area (Å²) in [4.78, 5) is 0. The monoisotopic (exact) mass is 249 g/mol. The summed E-state index contributed by atoms with van der Waals surface area (Å²) in [6.07, 6.45) is 6.30. The number of benzene rings is 1. The highest BCUT2D eigenvalue weighted by atomic mass is 19.1. The molecule has 2 rings (SSSR count). The SMILES string of the molecule is CC1(C)CCCCC1NCCc1ccc(F)cc1. The zero-order valence-corrected chi connectivity index (χ0v) is 11.5. The van der Waals surface area contributed by atoms with E-state index in [4.69, 9.17) is 0 Å². The molecule has 0 bridgehead atoms. The van der Waals surface area contributed by atoms with Crippen molar-refractivity contribution in [1.29, 1.82) is 0 Å². The third-order valence-electron chi connectivity index (χ3n) is 4.22. The van der Waals surface area contributed by atoms with Gasteiger partial charge in [0.1, 0.15) is 5.82 Å². The van der Waals surface area contributed by atoms with Gasteiger partial charge in [0.05, 0.1) is 0 Å². The van der Waals surface area contributed by atoms with Gasteiger partial charge in [0.2, 0.25) is 0 Å². The van der Waals surface area contributed by atoms with Gasteiger partial charge in [-0.3, -0.25) is 0 Å². The molecule has 1 aliphatic rings. The van der Waals surface area contributed by atoms with Gasteiger partial charge >= 0.3 is 0 Å². The molecule has 1 unspecified atom stereocenters. The lowest BCUT2D eigenvalue weighted by Gasteiger charge is -2.39. The standard InChI is InChI=1S/C16H24FN/c1-16(2)11-4-3-5-15(16)18-12-10-13-6-8-14(17)9-7-13/h6-9,15,18H,3-5,10-12H2,1-2H3. The molecule has 2 heteroatoms. The Morgan fingerprint density at radius 3 is 2.61 bits per heavy atom. The minimum atomic E-state index is -0.153. The summed E-state index contributed by atoms with van der Waals surface area (Å²) in [7, 11) is 0. The Hall–Kier alpha value is -0.890. The lowest BCUT2D eigenvalue weighted by molar-refractivity contribution is 0.169. The largest absolute Gasteiger partial charge is 0.313 e. The number of halogens is 1. The van der Waals surface area contributed by atoms with Crippen LogP contribution in [0.2, 0.25) is 0 Å². The van der Waals surface area contributed by atoms with Crippen molar-refractivity contribution in [2.75, 3.05) is 6.54 Å². The van der Waals surface area contributed by atoms with Crippen LogP contribution < -0.4 is 5.32 Å². The average molecular weight is 249 g/mol. The summed E-state index contributed by atoms with van der Waals surface area (Å²) in [5.74, 6) is -0.153. The molecule has 0 amide bonds. The predicted molar refractivity (Wildman–Crippen MR) is 74.1 cm³/mol. The van der Waals surface area contributed by atoms with Crippen LogP contribution >= 0.6 is 0 Å². The van der Waals surface area contributed by atoms with E-state index >= 15 is 0 Å². The number of hydrogen-bond donors (Lipinski definition) is 1. The smallest absolute Gasteiger partial charge is 0.123 e. The van der Waals surface area contributed by atoms with Gasteiger partial charge in [0, 0.05) is 6.04 Å². The van der Waals surface area contributed by atoms with Crippen LogP contribution in [0.25, 0.3) is 0 Å². The van der Waals surface area contributed by atoms with E-state index in [0.717, 1.165) is 13.0 Å². The van der Waals surface area contributed by atoms with E-state index in [0.29, 0.717) is 11.5 Å². The molecule has 18 heavy (non-hydrogen) atoms. The molecule has 1 aromatic carbocycles. The van der Waals surface area contributed by atoms with Gasteiger partial charge in [-0.1, -0.05) is 38.8 Å². The fourth-order valence-corrected chi connectivity index (χ4v) is 2.91. The van der Waals surface area contributed by atoms with Crippen molar-refractivity contribution < 1.29 is 4.39 Å². The number of rotatable bonds is 4. The fraction of sp³-hybridized carbons (Fsp3) is 0.625. The van der Waals surface area contributed by atoms with Crippen LogP contribution in [-0.4, -0.2) is 12.6 Å². The van der Waals surface area contributed by atoms with Crippen molar-refractivity contribution in [1.82, 2.24) is 5.32 Å². The first-order valence-electron chi connectivity index (χ1n) is 7.06. The molecule has 1 nitrogen and oxygen atoms in total. The van der Waals surface area contributed by atoms with Crippen LogP contribution in [0.15, 0.2) is 24.3 Å². The molecule has 1 saturated carbocycles. The molecular weight excluding hydrogens is 225 g/mol.